The number of aromatic hydroxyl groups is 2. The van der Waals surface area contributed by atoms with Crippen molar-refractivity contribution in [2.45, 2.75) is 37.0 Å². The standard InChI is InChI=1S/C30H32BN3O4/c1-33(2)28(37)20-5-3-19(4-6-20)25-16-24(9-7-21(25)17-34-14-11-23(31)18-34)32-29(38)30(12-13-30)22-8-10-26(35)27(36)15-22/h3-10,15-16,23,35-36H,11-14,17-18H2,1-2H3,(H,32,38)/t23-/m0/s1. The average Bonchev–Trinajstić information content (AvgIpc) is 3.62. The van der Waals surface area contributed by atoms with E-state index >= 15 is 0 Å². The van der Waals surface area contributed by atoms with Crippen LogP contribution in [0.4, 0.5) is 5.69 Å². The number of rotatable bonds is 7. The van der Waals surface area contributed by atoms with Gasteiger partial charge in [0, 0.05) is 31.9 Å². The Balaban J connectivity index is 1.44. The second-order valence-corrected chi connectivity index (χ2v) is 10.7. The molecule has 1 aliphatic carbocycles. The molecule has 8 heteroatoms. The number of hydrogen-bond acceptors (Lipinski definition) is 5. The number of amides is 2. The van der Waals surface area contributed by atoms with Crippen molar-refractivity contribution in [2.24, 2.45) is 0 Å². The van der Waals surface area contributed by atoms with Crippen molar-refractivity contribution in [1.29, 1.82) is 0 Å². The van der Waals surface area contributed by atoms with Gasteiger partial charge in [-0.25, -0.2) is 0 Å². The molecule has 3 aromatic carbocycles. The zero-order valence-corrected chi connectivity index (χ0v) is 21.8. The zero-order chi connectivity index (χ0) is 27.0. The summed E-state index contributed by atoms with van der Waals surface area (Å²) in [4.78, 5) is 29.7. The fourth-order valence-corrected chi connectivity index (χ4v) is 5.20. The molecule has 0 aromatic heterocycles. The smallest absolute Gasteiger partial charge is 0.253 e. The Morgan fingerprint density at radius 1 is 1.03 bits per heavy atom. The first-order valence-corrected chi connectivity index (χ1v) is 12.9. The van der Waals surface area contributed by atoms with Gasteiger partial charge < -0.3 is 20.4 Å². The SMILES string of the molecule is [B][C@H]1CCN(Cc2ccc(NC(=O)C3(c4ccc(O)c(O)c4)CC3)cc2-c2ccc(C(=O)N(C)C)cc2)C1. The number of carbonyl (C=O) groups is 2. The van der Waals surface area contributed by atoms with E-state index in [1.165, 1.54) is 12.1 Å². The highest BCUT2D eigenvalue weighted by Gasteiger charge is 2.51. The molecule has 2 amide bonds. The van der Waals surface area contributed by atoms with Crippen LogP contribution in [0.1, 0.15) is 40.7 Å². The van der Waals surface area contributed by atoms with E-state index in [2.05, 4.69) is 10.2 Å². The van der Waals surface area contributed by atoms with E-state index in [1.54, 1.807) is 25.1 Å². The number of hydrogen-bond donors (Lipinski definition) is 3. The first-order chi connectivity index (χ1) is 18.2. The lowest BCUT2D eigenvalue weighted by atomic mass is 9.87. The van der Waals surface area contributed by atoms with Crippen molar-refractivity contribution in [2.75, 3.05) is 32.5 Å². The summed E-state index contributed by atoms with van der Waals surface area (Å²) in [5.41, 5.74) is 4.32. The highest BCUT2D eigenvalue weighted by molar-refractivity contribution is 6.12. The van der Waals surface area contributed by atoms with Crippen LogP contribution in [0.5, 0.6) is 11.5 Å². The van der Waals surface area contributed by atoms with Gasteiger partial charge >= 0.3 is 0 Å². The van der Waals surface area contributed by atoms with Crippen molar-refractivity contribution in [1.82, 2.24) is 9.80 Å². The van der Waals surface area contributed by atoms with Crippen LogP contribution in [0, 0.1) is 0 Å². The first kappa shape index (κ1) is 25.9. The van der Waals surface area contributed by atoms with Crippen LogP contribution in [0.15, 0.2) is 60.7 Å². The molecule has 1 aliphatic heterocycles. The zero-order valence-electron chi connectivity index (χ0n) is 21.8. The Labute approximate surface area is 224 Å². The number of carbonyl (C=O) groups excluding carboxylic acids is 2. The lowest BCUT2D eigenvalue weighted by molar-refractivity contribution is -0.118. The third-order valence-electron chi connectivity index (χ3n) is 7.63. The number of likely N-dealkylation sites (tertiary alicyclic amines) is 1. The predicted octanol–water partition coefficient (Wildman–Crippen LogP) is 4.30. The number of nitrogens with one attached hydrogen (secondary N) is 1. The molecule has 38 heavy (non-hydrogen) atoms. The van der Waals surface area contributed by atoms with Gasteiger partial charge in [-0.1, -0.05) is 30.1 Å². The predicted molar refractivity (Wildman–Crippen MR) is 149 cm³/mol. The van der Waals surface area contributed by atoms with Gasteiger partial charge in [0.1, 0.15) is 0 Å². The molecule has 2 radical (unpaired) electrons. The van der Waals surface area contributed by atoms with Crippen molar-refractivity contribution < 1.29 is 19.8 Å². The molecule has 1 heterocycles. The minimum Gasteiger partial charge on any atom is -0.504 e. The number of phenols is 2. The Bertz CT molecular complexity index is 1370. The molecule has 7 nitrogen and oxygen atoms in total. The summed E-state index contributed by atoms with van der Waals surface area (Å²) >= 11 is 0. The van der Waals surface area contributed by atoms with Crippen LogP contribution in [0.25, 0.3) is 11.1 Å². The van der Waals surface area contributed by atoms with E-state index < -0.39 is 5.41 Å². The molecular formula is C30H32BN3O4. The molecule has 1 atom stereocenters. The third-order valence-corrected chi connectivity index (χ3v) is 7.63. The van der Waals surface area contributed by atoms with E-state index in [4.69, 9.17) is 7.85 Å². The fourth-order valence-electron chi connectivity index (χ4n) is 5.20. The van der Waals surface area contributed by atoms with Gasteiger partial charge in [0.25, 0.3) is 5.91 Å². The molecule has 0 spiro atoms. The van der Waals surface area contributed by atoms with E-state index in [-0.39, 0.29) is 29.1 Å². The topological polar surface area (TPSA) is 93.1 Å². The van der Waals surface area contributed by atoms with Gasteiger partial charge in [-0.3, -0.25) is 14.5 Å². The van der Waals surface area contributed by atoms with Crippen LogP contribution in [-0.2, 0) is 16.8 Å². The summed E-state index contributed by atoms with van der Waals surface area (Å²) < 4.78 is 0. The minimum atomic E-state index is -0.718. The molecule has 2 fully saturated rings. The number of phenolic OH excluding ortho intramolecular Hbond substituents is 2. The number of nitrogens with zero attached hydrogens (tertiary/aromatic N) is 2. The minimum absolute atomic E-state index is 0.0566. The summed E-state index contributed by atoms with van der Waals surface area (Å²) in [5.74, 6) is -0.450. The monoisotopic (exact) mass is 509 g/mol. The molecule has 1 saturated heterocycles. The average molecular weight is 509 g/mol. The molecule has 1 saturated carbocycles. The maximum Gasteiger partial charge on any atom is 0.253 e. The highest BCUT2D eigenvalue weighted by Crippen LogP contribution is 2.50. The second-order valence-electron chi connectivity index (χ2n) is 10.7. The maximum atomic E-state index is 13.4. The second kappa shape index (κ2) is 10.2. The maximum absolute atomic E-state index is 13.4. The van der Waals surface area contributed by atoms with Gasteiger partial charge in [0.05, 0.1) is 13.3 Å². The quantitative estimate of drug-likeness (QED) is 0.326. The van der Waals surface area contributed by atoms with Crippen molar-refractivity contribution >= 4 is 25.3 Å². The molecular weight excluding hydrogens is 477 g/mol. The van der Waals surface area contributed by atoms with Crippen LogP contribution in [0.3, 0.4) is 0 Å². The fraction of sp³-hybridized carbons (Fsp3) is 0.333. The summed E-state index contributed by atoms with van der Waals surface area (Å²) in [6.07, 6.45) is 2.31. The van der Waals surface area contributed by atoms with Gasteiger partial charge in [0.15, 0.2) is 11.5 Å². The number of anilines is 1. The van der Waals surface area contributed by atoms with Crippen LogP contribution in [-0.4, -0.2) is 66.9 Å². The number of benzene rings is 3. The van der Waals surface area contributed by atoms with Gasteiger partial charge in [-0.15, -0.1) is 0 Å². The molecule has 0 unspecified atom stereocenters. The largest absolute Gasteiger partial charge is 0.504 e. The summed E-state index contributed by atoms with van der Waals surface area (Å²) in [6.45, 7) is 2.53. The van der Waals surface area contributed by atoms with E-state index in [1.807, 2.05) is 42.5 Å². The normalized spacial score (nSPS) is 18.2. The van der Waals surface area contributed by atoms with Crippen LogP contribution >= 0.6 is 0 Å². The lowest BCUT2D eigenvalue weighted by Gasteiger charge is -2.21. The van der Waals surface area contributed by atoms with E-state index in [9.17, 15) is 19.8 Å². The van der Waals surface area contributed by atoms with Gasteiger partial charge in [0.2, 0.25) is 5.91 Å². The Morgan fingerprint density at radius 2 is 1.76 bits per heavy atom. The van der Waals surface area contributed by atoms with Gasteiger partial charge in [-0.05, 0) is 91.0 Å². The van der Waals surface area contributed by atoms with Crippen molar-refractivity contribution in [3.05, 3.63) is 77.4 Å². The van der Waals surface area contributed by atoms with Crippen molar-refractivity contribution in [3.63, 3.8) is 0 Å². The highest BCUT2D eigenvalue weighted by atomic mass is 16.3. The van der Waals surface area contributed by atoms with Crippen molar-refractivity contribution in [3.8, 4) is 22.6 Å². The molecule has 5 rings (SSSR count). The van der Waals surface area contributed by atoms with E-state index in [0.29, 0.717) is 29.7 Å². The molecule has 3 aromatic rings. The summed E-state index contributed by atoms with van der Waals surface area (Å²) in [7, 11) is 9.59. The Kier molecular flexibility index (Phi) is 6.93. The van der Waals surface area contributed by atoms with E-state index in [0.717, 1.165) is 42.7 Å². The van der Waals surface area contributed by atoms with Crippen LogP contribution < -0.4 is 5.32 Å². The molecule has 2 aliphatic rings. The molecule has 3 N–H and O–H groups in total. The first-order valence-electron chi connectivity index (χ1n) is 12.9. The summed E-state index contributed by atoms with van der Waals surface area (Å²) in [5, 5.41) is 22.7. The molecule has 0 bridgehead atoms. The Hall–Kier alpha value is -3.78. The summed E-state index contributed by atoms with van der Waals surface area (Å²) in [6, 6.07) is 18.1. The Morgan fingerprint density at radius 3 is 2.37 bits per heavy atom. The van der Waals surface area contributed by atoms with Crippen LogP contribution in [0.2, 0.25) is 5.82 Å². The lowest BCUT2D eigenvalue weighted by Crippen LogP contribution is -2.27. The van der Waals surface area contributed by atoms with Gasteiger partial charge in [-0.2, -0.15) is 0 Å². The molecule has 194 valence electrons. The third kappa shape index (κ3) is 5.13.